The first-order chi connectivity index (χ1) is 13.0. The fourth-order valence-electron chi connectivity index (χ4n) is 2.54. The molecular weight excluding hydrogens is 448 g/mol. The summed E-state index contributed by atoms with van der Waals surface area (Å²) in [4.78, 5) is 12.3. The summed E-state index contributed by atoms with van der Waals surface area (Å²) < 4.78 is 3.01. The summed E-state index contributed by atoms with van der Waals surface area (Å²) in [5, 5.41) is 12.8. The van der Waals surface area contributed by atoms with Crippen molar-refractivity contribution in [1.82, 2.24) is 14.8 Å². The van der Waals surface area contributed by atoms with Crippen LogP contribution in [-0.4, -0.2) is 26.4 Å². The quantitative estimate of drug-likeness (QED) is 0.494. The van der Waals surface area contributed by atoms with Crippen molar-refractivity contribution >= 4 is 50.9 Å². The van der Waals surface area contributed by atoms with Crippen LogP contribution in [0.1, 0.15) is 12.5 Å². The van der Waals surface area contributed by atoms with Gasteiger partial charge in [-0.2, -0.15) is 0 Å². The molecule has 0 aliphatic carbocycles. The predicted molar refractivity (Wildman–Crippen MR) is 114 cm³/mol. The molecule has 0 radical (unpaired) electrons. The van der Waals surface area contributed by atoms with Crippen LogP contribution >= 0.6 is 39.3 Å². The number of aryl methyl sites for hydroxylation is 1. The van der Waals surface area contributed by atoms with E-state index in [9.17, 15) is 4.79 Å². The number of hydrogen-bond acceptors (Lipinski definition) is 4. The van der Waals surface area contributed by atoms with Crippen LogP contribution in [0.3, 0.4) is 0 Å². The normalized spacial score (nSPS) is 10.8. The van der Waals surface area contributed by atoms with E-state index >= 15 is 0 Å². The van der Waals surface area contributed by atoms with Crippen molar-refractivity contribution < 1.29 is 4.79 Å². The number of anilines is 1. The van der Waals surface area contributed by atoms with Crippen LogP contribution in [0.25, 0.3) is 11.4 Å². The largest absolute Gasteiger partial charge is 0.325 e. The number of thioether (sulfide) groups is 1. The predicted octanol–water partition coefficient (Wildman–Crippen LogP) is 5.42. The van der Waals surface area contributed by atoms with E-state index in [1.54, 1.807) is 0 Å². The lowest BCUT2D eigenvalue weighted by Gasteiger charge is -2.09. The van der Waals surface area contributed by atoms with Crippen molar-refractivity contribution in [2.45, 2.75) is 25.5 Å². The number of halogens is 2. The van der Waals surface area contributed by atoms with Gasteiger partial charge in [-0.25, -0.2) is 0 Å². The summed E-state index contributed by atoms with van der Waals surface area (Å²) in [7, 11) is 0. The molecule has 3 aromatic rings. The summed E-state index contributed by atoms with van der Waals surface area (Å²) in [6.45, 7) is 4.72. The van der Waals surface area contributed by atoms with Gasteiger partial charge in [-0.05, 0) is 61.9 Å². The van der Waals surface area contributed by atoms with E-state index in [2.05, 4.69) is 31.4 Å². The number of carbonyl (C=O) groups is 1. The van der Waals surface area contributed by atoms with Crippen LogP contribution in [0, 0.1) is 6.92 Å². The minimum absolute atomic E-state index is 0.0829. The van der Waals surface area contributed by atoms with Crippen LogP contribution in [0.15, 0.2) is 52.1 Å². The molecule has 0 aliphatic rings. The Morgan fingerprint density at radius 1 is 1.22 bits per heavy atom. The van der Waals surface area contributed by atoms with E-state index in [1.165, 1.54) is 11.8 Å². The maximum Gasteiger partial charge on any atom is 0.234 e. The van der Waals surface area contributed by atoms with Crippen LogP contribution in [0.5, 0.6) is 0 Å². The Kier molecular flexibility index (Phi) is 6.57. The molecular formula is C19H18BrClN4OS. The highest BCUT2D eigenvalue weighted by Crippen LogP contribution is 2.25. The van der Waals surface area contributed by atoms with Gasteiger partial charge in [0.1, 0.15) is 0 Å². The summed E-state index contributed by atoms with van der Waals surface area (Å²) in [5.74, 6) is 0.939. The third-order valence-corrected chi connectivity index (χ3v) is 6.02. The van der Waals surface area contributed by atoms with Crippen LogP contribution < -0.4 is 5.32 Å². The second-order valence-corrected chi connectivity index (χ2v) is 8.09. The number of hydrogen-bond donors (Lipinski definition) is 1. The number of nitrogens with one attached hydrogen (secondary N) is 1. The maximum absolute atomic E-state index is 12.3. The summed E-state index contributed by atoms with van der Waals surface area (Å²) >= 11 is 10.8. The van der Waals surface area contributed by atoms with Crippen molar-refractivity contribution in [2.75, 3.05) is 11.1 Å². The lowest BCUT2D eigenvalue weighted by molar-refractivity contribution is -0.113. The second kappa shape index (κ2) is 8.91. The average molecular weight is 466 g/mol. The minimum Gasteiger partial charge on any atom is -0.325 e. The number of aromatic nitrogens is 3. The Morgan fingerprint density at radius 2 is 1.96 bits per heavy atom. The Labute approximate surface area is 175 Å². The highest BCUT2D eigenvalue weighted by Gasteiger charge is 2.14. The van der Waals surface area contributed by atoms with E-state index in [4.69, 9.17) is 11.6 Å². The molecule has 0 bridgehead atoms. The van der Waals surface area contributed by atoms with Crippen LogP contribution in [0.4, 0.5) is 5.69 Å². The first-order valence-electron chi connectivity index (χ1n) is 8.36. The maximum atomic E-state index is 12.3. The Bertz CT molecular complexity index is 959. The number of benzene rings is 2. The zero-order valence-corrected chi connectivity index (χ0v) is 18.0. The molecule has 8 heteroatoms. The Morgan fingerprint density at radius 3 is 2.63 bits per heavy atom. The van der Waals surface area contributed by atoms with Gasteiger partial charge < -0.3 is 9.88 Å². The number of rotatable bonds is 6. The molecule has 0 atom stereocenters. The molecule has 0 saturated heterocycles. The Balaban J connectivity index is 1.68. The van der Waals surface area contributed by atoms with Crippen LogP contribution in [0.2, 0.25) is 5.02 Å². The van der Waals surface area contributed by atoms with Crippen molar-refractivity contribution in [1.29, 1.82) is 0 Å². The molecule has 3 rings (SSSR count). The van der Waals surface area contributed by atoms with Gasteiger partial charge in [-0.1, -0.05) is 39.3 Å². The molecule has 27 heavy (non-hydrogen) atoms. The van der Waals surface area contributed by atoms with Crippen molar-refractivity contribution in [3.05, 3.63) is 57.5 Å². The summed E-state index contributed by atoms with van der Waals surface area (Å²) in [5.41, 5.74) is 2.79. The first kappa shape index (κ1) is 19.9. The monoisotopic (exact) mass is 464 g/mol. The zero-order chi connectivity index (χ0) is 19.4. The van der Waals surface area contributed by atoms with Gasteiger partial charge in [0.15, 0.2) is 11.0 Å². The van der Waals surface area contributed by atoms with Gasteiger partial charge in [0.2, 0.25) is 5.91 Å². The fourth-order valence-corrected chi connectivity index (χ4v) is 3.72. The van der Waals surface area contributed by atoms with Crippen LogP contribution in [-0.2, 0) is 11.3 Å². The van der Waals surface area contributed by atoms with Gasteiger partial charge in [-0.15, -0.1) is 10.2 Å². The minimum atomic E-state index is -0.0829. The van der Waals surface area contributed by atoms with Gasteiger partial charge >= 0.3 is 0 Å². The van der Waals surface area contributed by atoms with E-state index in [0.717, 1.165) is 27.1 Å². The summed E-state index contributed by atoms with van der Waals surface area (Å²) in [6.07, 6.45) is 0. The van der Waals surface area contributed by atoms with Crippen molar-refractivity contribution in [3.63, 3.8) is 0 Å². The molecule has 140 valence electrons. The Hall–Kier alpha value is -1.83. The van der Waals surface area contributed by atoms with Crippen molar-refractivity contribution in [2.24, 2.45) is 0 Å². The highest BCUT2D eigenvalue weighted by molar-refractivity contribution is 9.10. The van der Waals surface area contributed by atoms with Gasteiger partial charge in [0.25, 0.3) is 0 Å². The molecule has 1 N–H and O–H groups in total. The zero-order valence-electron chi connectivity index (χ0n) is 14.9. The van der Waals surface area contributed by atoms with E-state index in [0.29, 0.717) is 16.7 Å². The molecule has 0 saturated carbocycles. The molecule has 2 aromatic carbocycles. The topological polar surface area (TPSA) is 59.8 Å². The molecule has 0 aliphatic heterocycles. The van der Waals surface area contributed by atoms with Crippen molar-refractivity contribution in [3.8, 4) is 11.4 Å². The first-order valence-corrected chi connectivity index (χ1v) is 10.5. The smallest absolute Gasteiger partial charge is 0.234 e. The highest BCUT2D eigenvalue weighted by atomic mass is 79.9. The van der Waals surface area contributed by atoms with Gasteiger partial charge in [0.05, 0.1) is 5.75 Å². The van der Waals surface area contributed by atoms with E-state index in [-0.39, 0.29) is 11.7 Å². The van der Waals surface area contributed by atoms with Gasteiger partial charge in [-0.3, -0.25) is 4.79 Å². The number of carbonyl (C=O) groups excluding carboxylic acids is 1. The molecule has 0 spiro atoms. The lowest BCUT2D eigenvalue weighted by Crippen LogP contribution is -2.14. The third kappa shape index (κ3) is 4.91. The number of amides is 1. The molecule has 1 amide bonds. The molecule has 5 nitrogen and oxygen atoms in total. The summed E-state index contributed by atoms with van der Waals surface area (Å²) in [6, 6.07) is 13.2. The average Bonchev–Trinajstić information content (AvgIpc) is 3.06. The van der Waals surface area contributed by atoms with E-state index < -0.39 is 0 Å². The number of nitrogens with zero attached hydrogens (tertiary/aromatic N) is 3. The lowest BCUT2D eigenvalue weighted by atomic mass is 10.2. The molecule has 1 aromatic heterocycles. The van der Waals surface area contributed by atoms with E-state index in [1.807, 2.05) is 60.9 Å². The fraction of sp³-hybridized carbons (Fsp3) is 0.211. The molecule has 1 heterocycles. The standard InChI is InChI=1S/C19H18BrClN4OS/c1-3-25-18(13-4-6-14(21)7-5-13)23-24-19(25)27-11-17(26)22-15-8-9-16(20)12(2)10-15/h4-10H,3,11H2,1-2H3,(H,22,26). The third-order valence-electron chi connectivity index (χ3n) is 3.91. The SMILES string of the molecule is CCn1c(SCC(=O)Nc2ccc(Br)c(C)c2)nnc1-c1ccc(Cl)cc1. The van der Waals surface area contributed by atoms with Gasteiger partial charge in [0, 0.05) is 27.3 Å². The molecule has 0 fully saturated rings. The molecule has 0 unspecified atom stereocenters. The second-order valence-electron chi connectivity index (χ2n) is 5.86.